The molecule has 3 atom stereocenters. The maximum Gasteiger partial charge on any atom is 0.0741 e. The van der Waals surface area contributed by atoms with Gasteiger partial charge in [-0.3, -0.25) is 0 Å². The van der Waals surface area contributed by atoms with E-state index in [9.17, 15) is 0 Å². The zero-order valence-corrected chi connectivity index (χ0v) is 13.3. The zero-order valence-electron chi connectivity index (χ0n) is 12.5. The van der Waals surface area contributed by atoms with Gasteiger partial charge in [-0.1, -0.05) is 24.0 Å². The van der Waals surface area contributed by atoms with Crippen LogP contribution in [0.25, 0.3) is 0 Å². The Labute approximate surface area is 131 Å². The molecule has 21 heavy (non-hydrogen) atoms. The molecule has 114 valence electrons. The van der Waals surface area contributed by atoms with E-state index < -0.39 is 0 Å². The number of nitrogens with two attached hydrogens (primary N) is 1. The number of hydrogen-bond donors (Lipinski definition) is 3. The first-order valence-corrected chi connectivity index (χ1v) is 8.93. The SMILES string of the molecule is NC1=C=CC(CNCC23/C=C\CNCCC2C3)SCC=C1. The quantitative estimate of drug-likeness (QED) is 0.547. The molecule has 0 amide bonds. The summed E-state index contributed by atoms with van der Waals surface area (Å²) in [6.45, 7) is 4.29. The summed E-state index contributed by atoms with van der Waals surface area (Å²) in [4.78, 5) is 0. The largest absolute Gasteiger partial charge is 0.392 e. The van der Waals surface area contributed by atoms with Crippen molar-refractivity contribution in [1.82, 2.24) is 10.6 Å². The molecule has 1 aliphatic carbocycles. The van der Waals surface area contributed by atoms with Gasteiger partial charge < -0.3 is 16.4 Å². The minimum Gasteiger partial charge on any atom is -0.392 e. The molecule has 3 nitrogen and oxygen atoms in total. The Bertz CT molecular complexity index is 490. The van der Waals surface area contributed by atoms with Crippen molar-refractivity contribution < 1.29 is 0 Å². The fraction of sp³-hybridized carbons (Fsp3) is 0.588. The van der Waals surface area contributed by atoms with Crippen molar-refractivity contribution in [2.24, 2.45) is 17.1 Å². The van der Waals surface area contributed by atoms with E-state index in [2.05, 4.69) is 40.7 Å². The molecular formula is C17H25N3S. The molecule has 2 heterocycles. The van der Waals surface area contributed by atoms with E-state index in [1.807, 2.05) is 17.8 Å². The molecule has 0 spiro atoms. The van der Waals surface area contributed by atoms with Crippen molar-refractivity contribution in [3.63, 3.8) is 0 Å². The third-order valence-corrected chi connectivity index (χ3v) is 5.72. The Morgan fingerprint density at radius 3 is 3.38 bits per heavy atom. The van der Waals surface area contributed by atoms with Crippen LogP contribution in [0, 0.1) is 11.3 Å². The summed E-state index contributed by atoms with van der Waals surface area (Å²) < 4.78 is 0. The molecule has 0 radical (unpaired) electrons. The van der Waals surface area contributed by atoms with E-state index in [4.69, 9.17) is 5.73 Å². The van der Waals surface area contributed by atoms with Crippen molar-refractivity contribution in [1.29, 1.82) is 0 Å². The Morgan fingerprint density at radius 1 is 1.48 bits per heavy atom. The second-order valence-electron chi connectivity index (χ2n) is 6.20. The van der Waals surface area contributed by atoms with Gasteiger partial charge in [0, 0.05) is 36.1 Å². The zero-order chi connectivity index (χ0) is 14.5. The number of nitrogens with one attached hydrogen (secondary N) is 2. The Morgan fingerprint density at radius 2 is 2.43 bits per heavy atom. The molecule has 0 aromatic heterocycles. The highest BCUT2D eigenvalue weighted by Crippen LogP contribution is 2.55. The summed E-state index contributed by atoms with van der Waals surface area (Å²) in [7, 11) is 0. The highest BCUT2D eigenvalue weighted by atomic mass is 32.2. The summed E-state index contributed by atoms with van der Waals surface area (Å²) in [5.41, 5.74) is 10.1. The van der Waals surface area contributed by atoms with Gasteiger partial charge in [0.25, 0.3) is 0 Å². The minimum absolute atomic E-state index is 0.437. The molecule has 3 unspecified atom stereocenters. The highest BCUT2D eigenvalue weighted by Gasteiger charge is 2.50. The molecule has 4 N–H and O–H groups in total. The van der Waals surface area contributed by atoms with Gasteiger partial charge in [0.1, 0.15) is 0 Å². The maximum atomic E-state index is 5.81. The highest BCUT2D eigenvalue weighted by molar-refractivity contribution is 8.00. The molecule has 0 aromatic rings. The number of thioether (sulfide) groups is 1. The van der Waals surface area contributed by atoms with Gasteiger partial charge in [0.05, 0.1) is 5.70 Å². The van der Waals surface area contributed by atoms with Crippen LogP contribution in [0.5, 0.6) is 0 Å². The van der Waals surface area contributed by atoms with Crippen molar-refractivity contribution >= 4 is 11.8 Å². The predicted octanol–water partition coefficient (Wildman–Crippen LogP) is 1.80. The lowest BCUT2D eigenvalue weighted by molar-refractivity contribution is 0.475. The first-order chi connectivity index (χ1) is 10.3. The third kappa shape index (κ3) is 4.04. The monoisotopic (exact) mass is 303 g/mol. The summed E-state index contributed by atoms with van der Waals surface area (Å²) in [6, 6.07) is 0. The summed E-state index contributed by atoms with van der Waals surface area (Å²) in [5, 5.41) is 7.58. The van der Waals surface area contributed by atoms with E-state index in [0.717, 1.165) is 43.5 Å². The van der Waals surface area contributed by atoms with Crippen LogP contribution >= 0.6 is 11.8 Å². The molecule has 2 aliphatic heterocycles. The second-order valence-corrected chi connectivity index (χ2v) is 7.47. The standard InChI is InChI=1S/C17H25N3S/c18-15-3-1-10-21-16(5-4-15)12-20-13-17-7-2-8-19-9-6-14(17)11-17/h1-3,5,7,14,16,19-20H,6,8-13,18H2/b3-1?,7-2-. The normalized spacial score (nSPS) is 36.7. The second kappa shape index (κ2) is 6.89. The number of rotatable bonds is 4. The van der Waals surface area contributed by atoms with E-state index in [1.165, 1.54) is 12.8 Å². The minimum atomic E-state index is 0.437. The van der Waals surface area contributed by atoms with Crippen LogP contribution < -0.4 is 16.4 Å². The Kier molecular flexibility index (Phi) is 4.91. The lowest BCUT2D eigenvalue weighted by Crippen LogP contribution is -2.31. The summed E-state index contributed by atoms with van der Waals surface area (Å²) >= 11 is 1.94. The van der Waals surface area contributed by atoms with Crippen LogP contribution in [0.4, 0.5) is 0 Å². The molecule has 1 saturated carbocycles. The van der Waals surface area contributed by atoms with Gasteiger partial charge in [-0.15, -0.1) is 11.8 Å². The molecule has 1 fully saturated rings. The average Bonchev–Trinajstić information content (AvgIpc) is 3.10. The lowest BCUT2D eigenvalue weighted by Gasteiger charge is -2.19. The molecule has 4 heteroatoms. The third-order valence-electron chi connectivity index (χ3n) is 4.60. The Hall–Kier alpha value is -0.930. The fourth-order valence-corrected chi connectivity index (χ4v) is 4.08. The first-order valence-electron chi connectivity index (χ1n) is 7.88. The van der Waals surface area contributed by atoms with Gasteiger partial charge in [0.15, 0.2) is 0 Å². The van der Waals surface area contributed by atoms with Crippen molar-refractivity contribution in [3.05, 3.63) is 41.8 Å². The molecule has 3 aliphatic rings. The van der Waals surface area contributed by atoms with Crippen LogP contribution in [0.3, 0.4) is 0 Å². The van der Waals surface area contributed by atoms with Gasteiger partial charge in [-0.05, 0) is 37.5 Å². The molecule has 0 bridgehead atoms. The number of hydrogen-bond acceptors (Lipinski definition) is 4. The van der Waals surface area contributed by atoms with Crippen molar-refractivity contribution in [2.45, 2.75) is 18.1 Å². The summed E-state index contributed by atoms with van der Waals surface area (Å²) in [5.74, 6) is 1.89. The molecular weight excluding hydrogens is 278 g/mol. The van der Waals surface area contributed by atoms with Gasteiger partial charge >= 0.3 is 0 Å². The van der Waals surface area contributed by atoms with Crippen LogP contribution in [0.15, 0.2) is 41.8 Å². The van der Waals surface area contributed by atoms with Crippen molar-refractivity contribution in [2.75, 3.05) is 31.9 Å². The van der Waals surface area contributed by atoms with E-state index >= 15 is 0 Å². The summed E-state index contributed by atoms with van der Waals surface area (Å²) in [6.07, 6.45) is 13.6. The van der Waals surface area contributed by atoms with Crippen LogP contribution in [0.2, 0.25) is 0 Å². The maximum absolute atomic E-state index is 5.81. The number of fused-ring (bicyclic) bond motifs is 1. The van der Waals surface area contributed by atoms with E-state index in [1.54, 1.807) is 0 Å². The lowest BCUT2D eigenvalue weighted by atomic mass is 10.00. The molecule has 0 aromatic carbocycles. The van der Waals surface area contributed by atoms with Crippen LogP contribution in [0.1, 0.15) is 12.8 Å². The predicted molar refractivity (Wildman–Crippen MR) is 91.2 cm³/mol. The Balaban J connectivity index is 1.50. The fourth-order valence-electron chi connectivity index (χ4n) is 3.23. The van der Waals surface area contributed by atoms with Crippen LogP contribution in [-0.4, -0.2) is 37.2 Å². The van der Waals surface area contributed by atoms with Crippen LogP contribution in [-0.2, 0) is 0 Å². The average molecular weight is 303 g/mol. The molecule has 3 rings (SSSR count). The van der Waals surface area contributed by atoms with E-state index in [-0.39, 0.29) is 0 Å². The topological polar surface area (TPSA) is 50.1 Å². The van der Waals surface area contributed by atoms with Crippen molar-refractivity contribution in [3.8, 4) is 0 Å². The smallest absolute Gasteiger partial charge is 0.0741 e. The van der Waals surface area contributed by atoms with Gasteiger partial charge in [0.2, 0.25) is 0 Å². The first kappa shape index (κ1) is 15.0. The van der Waals surface area contributed by atoms with E-state index in [0.29, 0.717) is 10.7 Å². The van der Waals surface area contributed by atoms with Gasteiger partial charge in [-0.2, -0.15) is 0 Å². The van der Waals surface area contributed by atoms with Gasteiger partial charge in [-0.25, -0.2) is 0 Å². The molecule has 0 saturated heterocycles.